The molecule has 2 amide bonds. The van der Waals surface area contributed by atoms with Gasteiger partial charge in [0.25, 0.3) is 5.91 Å². The fraction of sp³-hybridized carbons (Fsp3) is 0.125. The van der Waals surface area contributed by atoms with Crippen molar-refractivity contribution in [3.63, 3.8) is 0 Å². The van der Waals surface area contributed by atoms with E-state index in [0.717, 1.165) is 12.1 Å². The van der Waals surface area contributed by atoms with E-state index in [1.165, 1.54) is 30.3 Å². The molecule has 8 heteroatoms. The minimum absolute atomic E-state index is 0.0108. The zero-order chi connectivity index (χ0) is 17.9. The number of carbonyl (C=O) groups excluding carboxylic acids is 2. The van der Waals surface area contributed by atoms with Gasteiger partial charge < -0.3 is 11.1 Å². The number of rotatable bonds is 4. The molecule has 0 aliphatic carbocycles. The van der Waals surface area contributed by atoms with Crippen molar-refractivity contribution < 1.29 is 22.8 Å². The highest BCUT2D eigenvalue weighted by Crippen LogP contribution is 2.29. The summed E-state index contributed by atoms with van der Waals surface area (Å²) < 4.78 is 37.9. The molecule has 0 saturated heterocycles. The molecule has 2 rings (SSSR count). The second-order valence-electron chi connectivity index (χ2n) is 4.94. The van der Waals surface area contributed by atoms with E-state index in [2.05, 4.69) is 5.32 Å². The van der Waals surface area contributed by atoms with E-state index in [1.807, 2.05) is 0 Å². The largest absolute Gasteiger partial charge is 0.416 e. The number of carbonyl (C=O) groups is 2. The average molecular weight is 357 g/mol. The summed E-state index contributed by atoms with van der Waals surface area (Å²) in [4.78, 5) is 23.3. The summed E-state index contributed by atoms with van der Waals surface area (Å²) in [6.45, 7) is -0.0999. The number of benzene rings is 2. The van der Waals surface area contributed by atoms with Gasteiger partial charge in [0.15, 0.2) is 0 Å². The van der Waals surface area contributed by atoms with Crippen LogP contribution in [0.2, 0.25) is 5.02 Å². The van der Waals surface area contributed by atoms with Crippen molar-refractivity contribution in [1.82, 2.24) is 5.32 Å². The number of alkyl halides is 3. The molecule has 24 heavy (non-hydrogen) atoms. The summed E-state index contributed by atoms with van der Waals surface area (Å²) in [5.41, 5.74) is 4.76. The summed E-state index contributed by atoms with van der Waals surface area (Å²) in [6.07, 6.45) is -4.45. The van der Waals surface area contributed by atoms with Crippen molar-refractivity contribution in [2.75, 3.05) is 0 Å². The van der Waals surface area contributed by atoms with Gasteiger partial charge in [-0.1, -0.05) is 23.7 Å². The lowest BCUT2D eigenvalue weighted by atomic mass is 10.1. The van der Waals surface area contributed by atoms with Crippen LogP contribution in [0.3, 0.4) is 0 Å². The predicted molar refractivity (Wildman–Crippen MR) is 82.6 cm³/mol. The van der Waals surface area contributed by atoms with Crippen molar-refractivity contribution in [2.24, 2.45) is 5.73 Å². The molecule has 0 aliphatic heterocycles. The molecule has 2 aromatic rings. The fourth-order valence-corrected chi connectivity index (χ4v) is 2.21. The Kier molecular flexibility index (Phi) is 5.14. The SMILES string of the molecule is NC(=O)c1cc(C(=O)NCc2cccc(C(F)(F)F)c2)ccc1Cl. The topological polar surface area (TPSA) is 72.2 Å². The Morgan fingerprint density at radius 3 is 2.46 bits per heavy atom. The highest BCUT2D eigenvalue weighted by molar-refractivity contribution is 6.34. The van der Waals surface area contributed by atoms with Crippen LogP contribution in [-0.4, -0.2) is 11.8 Å². The molecule has 3 N–H and O–H groups in total. The normalized spacial score (nSPS) is 11.2. The van der Waals surface area contributed by atoms with Gasteiger partial charge in [-0.2, -0.15) is 13.2 Å². The molecule has 0 unspecified atom stereocenters. The zero-order valence-corrected chi connectivity index (χ0v) is 12.9. The van der Waals surface area contributed by atoms with Gasteiger partial charge in [-0.05, 0) is 35.9 Å². The van der Waals surface area contributed by atoms with Crippen molar-refractivity contribution in [1.29, 1.82) is 0 Å². The number of nitrogens with two attached hydrogens (primary N) is 1. The average Bonchev–Trinajstić information content (AvgIpc) is 2.52. The van der Waals surface area contributed by atoms with Gasteiger partial charge in [-0.15, -0.1) is 0 Å². The predicted octanol–water partition coefficient (Wildman–Crippen LogP) is 3.39. The Labute approximate surface area is 140 Å². The van der Waals surface area contributed by atoms with E-state index in [9.17, 15) is 22.8 Å². The number of hydrogen-bond acceptors (Lipinski definition) is 2. The molecule has 0 radical (unpaired) electrons. The molecule has 0 fully saturated rings. The maximum Gasteiger partial charge on any atom is 0.416 e. The first-order valence-corrected chi connectivity index (χ1v) is 7.10. The lowest BCUT2D eigenvalue weighted by Gasteiger charge is -2.10. The molecule has 2 aromatic carbocycles. The Hall–Kier alpha value is -2.54. The second kappa shape index (κ2) is 6.92. The Bertz CT molecular complexity index is 791. The van der Waals surface area contributed by atoms with Gasteiger partial charge in [0.2, 0.25) is 5.91 Å². The summed E-state index contributed by atoms with van der Waals surface area (Å²) in [5.74, 6) is -1.35. The van der Waals surface area contributed by atoms with Crippen LogP contribution < -0.4 is 11.1 Å². The Balaban J connectivity index is 2.11. The van der Waals surface area contributed by atoms with Gasteiger partial charge in [0, 0.05) is 12.1 Å². The Morgan fingerprint density at radius 2 is 1.83 bits per heavy atom. The first kappa shape index (κ1) is 17.8. The van der Waals surface area contributed by atoms with Crippen LogP contribution in [0.15, 0.2) is 42.5 Å². The van der Waals surface area contributed by atoms with Crippen LogP contribution in [-0.2, 0) is 12.7 Å². The first-order valence-electron chi connectivity index (χ1n) is 6.72. The van der Waals surface area contributed by atoms with Gasteiger partial charge >= 0.3 is 6.18 Å². The molecular weight excluding hydrogens is 345 g/mol. The van der Waals surface area contributed by atoms with Crippen LogP contribution in [0.5, 0.6) is 0 Å². The van der Waals surface area contributed by atoms with E-state index < -0.39 is 23.6 Å². The van der Waals surface area contributed by atoms with Crippen LogP contribution in [0.1, 0.15) is 31.8 Å². The smallest absolute Gasteiger partial charge is 0.366 e. The lowest BCUT2D eigenvalue weighted by Crippen LogP contribution is -2.23. The standard InChI is InChI=1S/C16H12ClF3N2O2/c17-13-5-4-10(7-12(13)14(21)23)15(24)22-8-9-2-1-3-11(6-9)16(18,19)20/h1-7H,8H2,(H2,21,23)(H,22,24). The zero-order valence-electron chi connectivity index (χ0n) is 12.2. The van der Waals surface area contributed by atoms with Crippen LogP contribution in [0, 0.1) is 0 Å². The minimum Gasteiger partial charge on any atom is -0.366 e. The summed E-state index contributed by atoms with van der Waals surface area (Å²) in [7, 11) is 0. The second-order valence-corrected chi connectivity index (χ2v) is 5.35. The van der Waals surface area contributed by atoms with Gasteiger partial charge in [0.05, 0.1) is 16.1 Å². The molecule has 0 bridgehead atoms. The van der Waals surface area contributed by atoms with E-state index in [-0.39, 0.29) is 22.7 Å². The van der Waals surface area contributed by atoms with E-state index in [1.54, 1.807) is 0 Å². The summed E-state index contributed by atoms with van der Waals surface area (Å²) in [5, 5.41) is 2.59. The molecule has 0 saturated carbocycles. The van der Waals surface area contributed by atoms with Gasteiger partial charge in [-0.3, -0.25) is 9.59 Å². The number of amides is 2. The molecule has 126 valence electrons. The minimum atomic E-state index is -4.45. The third kappa shape index (κ3) is 4.26. The van der Waals surface area contributed by atoms with Gasteiger partial charge in [-0.25, -0.2) is 0 Å². The molecule has 0 atom stereocenters. The third-order valence-electron chi connectivity index (χ3n) is 3.20. The molecule has 0 aliphatic rings. The van der Waals surface area contributed by atoms with E-state index >= 15 is 0 Å². The Morgan fingerprint density at radius 1 is 1.12 bits per heavy atom. The van der Waals surface area contributed by atoms with E-state index in [0.29, 0.717) is 5.56 Å². The van der Waals surface area contributed by atoms with Crippen molar-refractivity contribution >= 4 is 23.4 Å². The quantitative estimate of drug-likeness (QED) is 0.881. The third-order valence-corrected chi connectivity index (χ3v) is 3.53. The lowest BCUT2D eigenvalue weighted by molar-refractivity contribution is -0.137. The molecule has 0 spiro atoms. The molecular formula is C16H12ClF3N2O2. The fourth-order valence-electron chi connectivity index (χ4n) is 2.00. The number of halogens is 4. The van der Waals surface area contributed by atoms with Crippen LogP contribution >= 0.6 is 11.6 Å². The van der Waals surface area contributed by atoms with Gasteiger partial charge in [0.1, 0.15) is 0 Å². The van der Waals surface area contributed by atoms with Crippen molar-refractivity contribution in [3.05, 3.63) is 69.7 Å². The first-order chi connectivity index (χ1) is 11.2. The summed E-state index contributed by atoms with van der Waals surface area (Å²) >= 11 is 5.79. The molecule has 0 heterocycles. The van der Waals surface area contributed by atoms with Crippen LogP contribution in [0.4, 0.5) is 13.2 Å². The van der Waals surface area contributed by atoms with Crippen molar-refractivity contribution in [3.8, 4) is 0 Å². The van der Waals surface area contributed by atoms with Crippen molar-refractivity contribution in [2.45, 2.75) is 12.7 Å². The number of primary amides is 1. The maximum absolute atomic E-state index is 12.6. The highest BCUT2D eigenvalue weighted by atomic mass is 35.5. The summed E-state index contributed by atoms with van der Waals surface area (Å²) in [6, 6.07) is 8.59. The van der Waals surface area contributed by atoms with E-state index in [4.69, 9.17) is 17.3 Å². The molecule has 4 nitrogen and oxygen atoms in total. The molecule has 0 aromatic heterocycles. The van der Waals surface area contributed by atoms with Crippen LogP contribution in [0.25, 0.3) is 0 Å². The highest BCUT2D eigenvalue weighted by Gasteiger charge is 2.30. The number of hydrogen-bond donors (Lipinski definition) is 2. The monoisotopic (exact) mass is 356 g/mol. The number of nitrogens with one attached hydrogen (secondary N) is 1. The maximum atomic E-state index is 12.6.